The average Bonchev–Trinajstić information content (AvgIpc) is 2.64. The minimum absolute atomic E-state index is 0.0630. The van der Waals surface area contributed by atoms with Crippen molar-refractivity contribution in [2.75, 3.05) is 0 Å². The molecule has 0 unspecified atom stereocenters. The predicted octanol–water partition coefficient (Wildman–Crippen LogP) is 4.64. The lowest BCUT2D eigenvalue weighted by atomic mass is 9.94. The molecule has 0 aromatic carbocycles. The number of nitrogens with zero attached hydrogens (tertiary/aromatic N) is 1. The normalized spacial score (nSPS) is 23.3. The van der Waals surface area contributed by atoms with E-state index in [1.807, 2.05) is 13.8 Å². The predicted molar refractivity (Wildman–Crippen MR) is 81.9 cm³/mol. The van der Waals surface area contributed by atoms with Gasteiger partial charge in [0.1, 0.15) is 0 Å². The number of hydrogen-bond acceptors (Lipinski definition) is 2. The first-order chi connectivity index (χ1) is 9.70. The Hall–Kier alpha value is -0.860. The van der Waals surface area contributed by atoms with Gasteiger partial charge in [-0.15, -0.1) is 0 Å². The summed E-state index contributed by atoms with van der Waals surface area (Å²) in [5, 5.41) is 0. The van der Waals surface area contributed by atoms with Crippen LogP contribution in [0.3, 0.4) is 0 Å². The molecule has 0 N–H and O–H groups in total. The second kappa shape index (κ2) is 7.24. The monoisotopic (exact) mass is 279 g/mol. The lowest BCUT2D eigenvalue weighted by Gasteiger charge is -2.23. The summed E-state index contributed by atoms with van der Waals surface area (Å²) in [4.78, 5) is 16.1. The third-order valence-corrected chi connectivity index (χ3v) is 5.05. The molecule has 2 rings (SSSR count). The zero-order valence-electron chi connectivity index (χ0n) is 13.1. The summed E-state index contributed by atoms with van der Waals surface area (Å²) in [5.41, 5.74) is -0.641. The maximum atomic E-state index is 12.0. The summed E-state index contributed by atoms with van der Waals surface area (Å²) in [6.07, 6.45) is 13.1. The van der Waals surface area contributed by atoms with E-state index in [4.69, 9.17) is 4.74 Å². The van der Waals surface area contributed by atoms with Gasteiger partial charge in [-0.3, -0.25) is 4.79 Å². The van der Waals surface area contributed by atoms with Crippen molar-refractivity contribution >= 4 is 11.8 Å². The number of amides is 1. The van der Waals surface area contributed by atoms with Crippen LogP contribution in [-0.2, 0) is 9.53 Å². The van der Waals surface area contributed by atoms with Crippen molar-refractivity contribution in [1.29, 1.82) is 0 Å². The molecule has 0 atom stereocenters. The first kappa shape index (κ1) is 15.5. The minimum atomic E-state index is -0.641. The Morgan fingerprint density at radius 1 is 1.15 bits per heavy atom. The molecule has 1 saturated carbocycles. The summed E-state index contributed by atoms with van der Waals surface area (Å²) >= 11 is 0. The second-order valence-corrected chi connectivity index (χ2v) is 6.36. The van der Waals surface area contributed by atoms with Crippen molar-refractivity contribution in [2.24, 2.45) is 10.9 Å². The topological polar surface area (TPSA) is 38.7 Å². The number of hydrogen-bond donors (Lipinski definition) is 0. The maximum Gasteiger partial charge on any atom is 0.292 e. The van der Waals surface area contributed by atoms with Gasteiger partial charge in [-0.25, -0.2) is 0 Å². The summed E-state index contributed by atoms with van der Waals surface area (Å²) in [6.45, 7) is 4.01. The van der Waals surface area contributed by atoms with Crippen LogP contribution in [0.25, 0.3) is 0 Å². The van der Waals surface area contributed by atoms with Gasteiger partial charge in [-0.2, -0.15) is 4.99 Å². The zero-order valence-corrected chi connectivity index (χ0v) is 13.1. The quantitative estimate of drug-likeness (QED) is 0.664. The van der Waals surface area contributed by atoms with Crippen LogP contribution in [-0.4, -0.2) is 17.4 Å². The van der Waals surface area contributed by atoms with Crippen LogP contribution in [0.15, 0.2) is 4.99 Å². The van der Waals surface area contributed by atoms with Crippen molar-refractivity contribution in [3.63, 3.8) is 0 Å². The molecular weight excluding hydrogens is 250 g/mol. The fraction of sp³-hybridized carbons (Fsp3) is 0.882. The molecule has 0 aromatic rings. The van der Waals surface area contributed by atoms with Crippen molar-refractivity contribution in [3.8, 4) is 0 Å². The van der Waals surface area contributed by atoms with Gasteiger partial charge in [-0.05, 0) is 31.6 Å². The number of carbonyl (C=O) groups is 1. The van der Waals surface area contributed by atoms with E-state index in [1.54, 1.807) is 0 Å². The molecule has 3 heteroatoms. The van der Waals surface area contributed by atoms with Crippen LogP contribution >= 0.6 is 0 Å². The Kier molecular flexibility index (Phi) is 5.62. The van der Waals surface area contributed by atoms with Crippen LogP contribution in [0.1, 0.15) is 84.5 Å². The first-order valence-electron chi connectivity index (χ1n) is 8.51. The molecule has 0 spiro atoms. The van der Waals surface area contributed by atoms with Crippen LogP contribution < -0.4 is 0 Å². The summed E-state index contributed by atoms with van der Waals surface area (Å²) in [6, 6.07) is 0. The van der Waals surface area contributed by atoms with Gasteiger partial charge in [0, 0.05) is 6.42 Å². The zero-order chi connectivity index (χ0) is 14.4. The van der Waals surface area contributed by atoms with Gasteiger partial charge < -0.3 is 4.74 Å². The Morgan fingerprint density at radius 2 is 1.80 bits per heavy atom. The van der Waals surface area contributed by atoms with E-state index in [9.17, 15) is 4.79 Å². The molecule has 1 aliphatic carbocycles. The molecule has 0 radical (unpaired) electrons. The van der Waals surface area contributed by atoms with E-state index in [2.05, 4.69) is 4.99 Å². The molecule has 3 nitrogen and oxygen atoms in total. The fourth-order valence-corrected chi connectivity index (χ4v) is 3.51. The van der Waals surface area contributed by atoms with Crippen LogP contribution in [0.2, 0.25) is 0 Å². The van der Waals surface area contributed by atoms with E-state index in [0.717, 1.165) is 31.6 Å². The van der Waals surface area contributed by atoms with Crippen LogP contribution in [0.5, 0.6) is 0 Å². The average molecular weight is 279 g/mol. The Morgan fingerprint density at radius 3 is 2.35 bits per heavy atom. The highest BCUT2D eigenvalue weighted by atomic mass is 16.5. The molecule has 2 aliphatic rings. The number of carbonyl (C=O) groups excluding carboxylic acids is 1. The second-order valence-electron chi connectivity index (χ2n) is 6.36. The molecule has 1 heterocycles. The van der Waals surface area contributed by atoms with Crippen molar-refractivity contribution in [1.82, 2.24) is 0 Å². The third-order valence-electron chi connectivity index (χ3n) is 5.05. The summed E-state index contributed by atoms with van der Waals surface area (Å²) < 4.78 is 5.87. The third kappa shape index (κ3) is 3.62. The smallest absolute Gasteiger partial charge is 0.292 e. The van der Waals surface area contributed by atoms with Gasteiger partial charge >= 0.3 is 0 Å². The number of aliphatic imine (C=N–C) groups is 1. The first-order valence-corrected chi connectivity index (χ1v) is 8.51. The van der Waals surface area contributed by atoms with E-state index >= 15 is 0 Å². The molecule has 0 bridgehead atoms. The molecule has 1 aliphatic heterocycles. The SMILES string of the molecule is CCC1(CC)OC(CCCC2CCCCCC2)=NC1=O. The highest BCUT2D eigenvalue weighted by molar-refractivity contribution is 6.02. The molecule has 1 amide bonds. The highest BCUT2D eigenvalue weighted by Gasteiger charge is 2.42. The molecule has 0 saturated heterocycles. The molecule has 20 heavy (non-hydrogen) atoms. The van der Waals surface area contributed by atoms with E-state index < -0.39 is 5.60 Å². The van der Waals surface area contributed by atoms with Gasteiger partial charge in [0.15, 0.2) is 11.5 Å². The molecule has 1 fully saturated rings. The molecular formula is C17H29NO2. The fourth-order valence-electron chi connectivity index (χ4n) is 3.51. The van der Waals surface area contributed by atoms with Gasteiger partial charge in [0.05, 0.1) is 0 Å². The van der Waals surface area contributed by atoms with Crippen molar-refractivity contribution < 1.29 is 9.53 Å². The number of rotatable bonds is 6. The Labute approximate surface area is 123 Å². The van der Waals surface area contributed by atoms with Gasteiger partial charge in [0.25, 0.3) is 5.91 Å². The van der Waals surface area contributed by atoms with Gasteiger partial charge in [0.2, 0.25) is 0 Å². The largest absolute Gasteiger partial charge is 0.464 e. The van der Waals surface area contributed by atoms with E-state index in [-0.39, 0.29) is 5.91 Å². The van der Waals surface area contributed by atoms with Gasteiger partial charge in [-0.1, -0.05) is 52.4 Å². The number of ether oxygens (including phenoxy) is 1. The summed E-state index contributed by atoms with van der Waals surface area (Å²) in [5.74, 6) is 1.51. The van der Waals surface area contributed by atoms with Crippen molar-refractivity contribution in [3.05, 3.63) is 0 Å². The van der Waals surface area contributed by atoms with E-state index in [0.29, 0.717) is 5.90 Å². The molecule has 114 valence electrons. The molecule has 0 aromatic heterocycles. The Bertz CT molecular complexity index is 350. The lowest BCUT2D eigenvalue weighted by molar-refractivity contribution is -0.131. The van der Waals surface area contributed by atoms with Crippen molar-refractivity contribution in [2.45, 2.75) is 90.1 Å². The van der Waals surface area contributed by atoms with E-state index in [1.165, 1.54) is 44.9 Å². The highest BCUT2D eigenvalue weighted by Crippen LogP contribution is 2.31. The van der Waals surface area contributed by atoms with Crippen LogP contribution in [0.4, 0.5) is 0 Å². The summed E-state index contributed by atoms with van der Waals surface area (Å²) in [7, 11) is 0. The lowest BCUT2D eigenvalue weighted by Crippen LogP contribution is -2.35. The maximum absolute atomic E-state index is 12.0. The standard InChI is InChI=1S/C17H29NO2/c1-3-17(4-2)16(19)18-15(20-17)13-9-12-14-10-7-5-6-8-11-14/h14H,3-13H2,1-2H3. The minimum Gasteiger partial charge on any atom is -0.464 e. The Balaban J connectivity index is 1.75. The van der Waals surface area contributed by atoms with Crippen LogP contribution in [0, 0.1) is 5.92 Å².